The van der Waals surface area contributed by atoms with Crippen LogP contribution in [-0.2, 0) is 14.3 Å². The molecule has 1 saturated heterocycles. The van der Waals surface area contributed by atoms with Gasteiger partial charge < -0.3 is 15.0 Å². The molecule has 5 nitrogen and oxygen atoms in total. The largest absolute Gasteiger partial charge is 0.383 e. The summed E-state index contributed by atoms with van der Waals surface area (Å²) in [5, 5.41) is 2.82. The number of nitrogens with one attached hydrogen (secondary N) is 1. The number of amides is 2. The number of hydrogen-bond acceptors (Lipinski definition) is 3. The van der Waals surface area contributed by atoms with E-state index in [1.54, 1.807) is 19.1 Å². The Labute approximate surface area is 89.8 Å². The summed E-state index contributed by atoms with van der Waals surface area (Å²) in [5.41, 5.74) is 0. The van der Waals surface area contributed by atoms with Crippen LogP contribution in [0.1, 0.15) is 13.3 Å². The van der Waals surface area contributed by atoms with E-state index in [4.69, 9.17) is 4.74 Å². The van der Waals surface area contributed by atoms with Crippen molar-refractivity contribution < 1.29 is 14.3 Å². The zero-order valence-corrected chi connectivity index (χ0v) is 9.45. The number of methoxy groups -OCH3 is 1. The molecule has 0 radical (unpaired) electrons. The fourth-order valence-electron chi connectivity index (χ4n) is 1.69. The van der Waals surface area contributed by atoms with Gasteiger partial charge in [0.2, 0.25) is 11.8 Å². The van der Waals surface area contributed by atoms with Gasteiger partial charge in [0.05, 0.1) is 12.5 Å². The lowest BCUT2D eigenvalue weighted by Crippen LogP contribution is -2.40. The third-order valence-electron chi connectivity index (χ3n) is 2.52. The minimum absolute atomic E-state index is 0.0106. The van der Waals surface area contributed by atoms with Gasteiger partial charge in [-0.1, -0.05) is 0 Å². The number of hydrogen-bond donors (Lipinski definition) is 1. The fourth-order valence-corrected chi connectivity index (χ4v) is 1.69. The molecule has 2 atom stereocenters. The van der Waals surface area contributed by atoms with Crippen LogP contribution >= 0.6 is 0 Å². The molecule has 1 aliphatic rings. The topological polar surface area (TPSA) is 58.6 Å². The smallest absolute Gasteiger partial charge is 0.225 e. The molecule has 0 aliphatic carbocycles. The van der Waals surface area contributed by atoms with E-state index in [1.165, 1.54) is 0 Å². The highest BCUT2D eigenvalue weighted by molar-refractivity contribution is 5.89. The lowest BCUT2D eigenvalue weighted by molar-refractivity contribution is -0.128. The molecule has 1 N–H and O–H groups in total. The Balaban J connectivity index is 2.38. The molecule has 0 spiro atoms. The second kappa shape index (κ2) is 5.11. The first-order valence-corrected chi connectivity index (χ1v) is 5.08. The molecule has 5 heteroatoms. The van der Waals surface area contributed by atoms with Crippen LogP contribution in [0.15, 0.2) is 0 Å². The quantitative estimate of drug-likeness (QED) is 0.693. The molecule has 0 bridgehead atoms. The lowest BCUT2D eigenvalue weighted by Gasteiger charge is -2.15. The van der Waals surface area contributed by atoms with Gasteiger partial charge in [0.25, 0.3) is 0 Å². The predicted octanol–water partition coefficient (Wildman–Crippen LogP) is -0.384. The summed E-state index contributed by atoms with van der Waals surface area (Å²) in [6.07, 6.45) is 0.321. The van der Waals surface area contributed by atoms with Crippen molar-refractivity contribution >= 4 is 11.8 Å². The van der Waals surface area contributed by atoms with E-state index < -0.39 is 0 Å². The maximum atomic E-state index is 11.7. The number of nitrogens with zero attached hydrogens (tertiary/aromatic N) is 1. The summed E-state index contributed by atoms with van der Waals surface area (Å²) in [5.74, 6) is -0.228. The van der Waals surface area contributed by atoms with Gasteiger partial charge in [-0.05, 0) is 6.92 Å². The van der Waals surface area contributed by atoms with Crippen molar-refractivity contribution in [2.45, 2.75) is 19.4 Å². The van der Waals surface area contributed by atoms with E-state index in [2.05, 4.69) is 5.32 Å². The highest BCUT2D eigenvalue weighted by atomic mass is 16.5. The van der Waals surface area contributed by atoms with Crippen LogP contribution in [0.2, 0.25) is 0 Å². The Morgan fingerprint density at radius 2 is 2.40 bits per heavy atom. The molecule has 1 rings (SSSR count). The van der Waals surface area contributed by atoms with Crippen LogP contribution in [0.4, 0.5) is 0 Å². The Kier molecular flexibility index (Phi) is 4.08. The summed E-state index contributed by atoms with van der Waals surface area (Å²) < 4.78 is 4.92. The van der Waals surface area contributed by atoms with E-state index in [0.29, 0.717) is 19.6 Å². The van der Waals surface area contributed by atoms with Crippen LogP contribution in [-0.4, -0.2) is 50.1 Å². The van der Waals surface area contributed by atoms with Gasteiger partial charge in [0.15, 0.2) is 0 Å². The van der Waals surface area contributed by atoms with Crippen molar-refractivity contribution in [3.63, 3.8) is 0 Å². The SMILES string of the molecule is COC[C@@H](C)NC(=O)C1CC(=O)N(C)C1. The Morgan fingerprint density at radius 1 is 1.73 bits per heavy atom. The Morgan fingerprint density at radius 3 is 2.87 bits per heavy atom. The highest BCUT2D eigenvalue weighted by Gasteiger charge is 2.32. The third-order valence-corrected chi connectivity index (χ3v) is 2.52. The number of rotatable bonds is 4. The summed E-state index contributed by atoms with van der Waals surface area (Å²) in [7, 11) is 3.31. The predicted molar refractivity (Wildman–Crippen MR) is 55.2 cm³/mol. The molecule has 1 unspecified atom stereocenters. The second-order valence-electron chi connectivity index (χ2n) is 4.04. The monoisotopic (exact) mass is 214 g/mol. The van der Waals surface area contributed by atoms with Gasteiger partial charge in [0, 0.05) is 33.2 Å². The van der Waals surface area contributed by atoms with Crippen LogP contribution in [0.25, 0.3) is 0 Å². The molecular formula is C10H18N2O3. The molecule has 15 heavy (non-hydrogen) atoms. The van der Waals surface area contributed by atoms with E-state index in [-0.39, 0.29) is 23.8 Å². The molecule has 1 fully saturated rings. The molecule has 1 heterocycles. The van der Waals surface area contributed by atoms with Crippen molar-refractivity contribution in [3.05, 3.63) is 0 Å². The summed E-state index contributed by atoms with van der Waals surface area (Å²) >= 11 is 0. The van der Waals surface area contributed by atoms with Gasteiger partial charge in [-0.15, -0.1) is 0 Å². The van der Waals surface area contributed by atoms with Crippen LogP contribution in [0.5, 0.6) is 0 Å². The summed E-state index contributed by atoms with van der Waals surface area (Å²) in [6.45, 7) is 2.88. The Bertz CT molecular complexity index is 255. The molecule has 0 aromatic rings. The first-order valence-electron chi connectivity index (χ1n) is 5.08. The highest BCUT2D eigenvalue weighted by Crippen LogP contribution is 2.15. The first kappa shape index (κ1) is 12.0. The minimum Gasteiger partial charge on any atom is -0.383 e. The number of carbonyl (C=O) groups excluding carboxylic acids is 2. The zero-order valence-electron chi connectivity index (χ0n) is 9.45. The average Bonchev–Trinajstić information content (AvgIpc) is 2.47. The van der Waals surface area contributed by atoms with Gasteiger partial charge in [-0.25, -0.2) is 0 Å². The van der Waals surface area contributed by atoms with Gasteiger partial charge in [0.1, 0.15) is 0 Å². The van der Waals surface area contributed by atoms with Gasteiger partial charge in [-0.3, -0.25) is 9.59 Å². The maximum Gasteiger partial charge on any atom is 0.225 e. The van der Waals surface area contributed by atoms with E-state index in [9.17, 15) is 9.59 Å². The minimum atomic E-state index is -0.207. The lowest BCUT2D eigenvalue weighted by atomic mass is 10.1. The molecular weight excluding hydrogens is 196 g/mol. The molecule has 86 valence electrons. The van der Waals surface area contributed by atoms with Crippen molar-refractivity contribution in [1.29, 1.82) is 0 Å². The molecule has 1 aliphatic heterocycles. The number of carbonyl (C=O) groups is 2. The average molecular weight is 214 g/mol. The van der Waals surface area contributed by atoms with Crippen molar-refractivity contribution in [2.24, 2.45) is 5.92 Å². The molecule has 0 aromatic carbocycles. The van der Waals surface area contributed by atoms with E-state index >= 15 is 0 Å². The van der Waals surface area contributed by atoms with E-state index in [0.717, 1.165) is 0 Å². The maximum absolute atomic E-state index is 11.7. The number of likely N-dealkylation sites (tertiary alicyclic amines) is 1. The summed E-state index contributed by atoms with van der Waals surface area (Å²) in [4.78, 5) is 24.5. The van der Waals surface area contributed by atoms with Crippen molar-refractivity contribution in [3.8, 4) is 0 Å². The first-order chi connectivity index (χ1) is 7.04. The molecule has 0 aromatic heterocycles. The van der Waals surface area contributed by atoms with Crippen molar-refractivity contribution in [1.82, 2.24) is 10.2 Å². The van der Waals surface area contributed by atoms with Crippen molar-refractivity contribution in [2.75, 3.05) is 27.3 Å². The number of ether oxygens (including phenoxy) is 1. The zero-order chi connectivity index (χ0) is 11.4. The molecule has 0 saturated carbocycles. The van der Waals surface area contributed by atoms with E-state index in [1.807, 2.05) is 6.92 Å². The fraction of sp³-hybridized carbons (Fsp3) is 0.800. The standard InChI is InChI=1S/C10H18N2O3/c1-7(6-15-3)11-10(14)8-4-9(13)12(2)5-8/h7-8H,4-6H2,1-3H3,(H,11,14)/t7-,8?/m1/s1. The van der Waals surface area contributed by atoms with Crippen LogP contribution in [0.3, 0.4) is 0 Å². The summed E-state index contributed by atoms with van der Waals surface area (Å²) in [6, 6.07) is -0.0106. The van der Waals surface area contributed by atoms with Crippen LogP contribution in [0, 0.1) is 5.92 Å². The van der Waals surface area contributed by atoms with Gasteiger partial charge in [-0.2, -0.15) is 0 Å². The second-order valence-corrected chi connectivity index (χ2v) is 4.04. The Hall–Kier alpha value is -1.10. The van der Waals surface area contributed by atoms with Gasteiger partial charge >= 0.3 is 0 Å². The normalized spacial score (nSPS) is 23.0. The third kappa shape index (κ3) is 3.20. The molecule has 2 amide bonds. The van der Waals surface area contributed by atoms with Crippen LogP contribution < -0.4 is 5.32 Å².